The molecule has 1 unspecified atom stereocenters. The highest BCUT2D eigenvalue weighted by Crippen LogP contribution is 2.26. The van der Waals surface area contributed by atoms with Crippen LogP contribution >= 0.6 is 0 Å². The normalized spacial score (nSPS) is 19.7. The first-order valence-electron chi connectivity index (χ1n) is 6.94. The van der Waals surface area contributed by atoms with Gasteiger partial charge in [0.25, 0.3) is 0 Å². The van der Waals surface area contributed by atoms with Gasteiger partial charge in [-0.3, -0.25) is 4.79 Å². The monoisotopic (exact) mass is 264 g/mol. The maximum Gasteiger partial charge on any atom is 0.225 e. The number of amides is 1. The predicted molar refractivity (Wildman–Crippen MR) is 74.8 cm³/mol. The van der Waals surface area contributed by atoms with Crippen LogP contribution in [0.5, 0.6) is 0 Å². The Morgan fingerprint density at radius 1 is 1.58 bits per heavy atom. The van der Waals surface area contributed by atoms with Crippen molar-refractivity contribution in [3.8, 4) is 0 Å². The number of rotatable bonds is 4. The first-order valence-corrected chi connectivity index (χ1v) is 6.94. The van der Waals surface area contributed by atoms with Gasteiger partial charge in [-0.15, -0.1) is 0 Å². The van der Waals surface area contributed by atoms with Gasteiger partial charge in [0, 0.05) is 43.4 Å². The summed E-state index contributed by atoms with van der Waals surface area (Å²) in [7, 11) is 4.08. The van der Waals surface area contributed by atoms with Crippen LogP contribution in [-0.4, -0.2) is 52.9 Å². The number of aromatic nitrogens is 2. The molecule has 19 heavy (non-hydrogen) atoms. The smallest absolute Gasteiger partial charge is 0.225 e. The minimum Gasteiger partial charge on any atom is -0.345 e. The van der Waals surface area contributed by atoms with Crippen molar-refractivity contribution in [2.24, 2.45) is 5.92 Å². The van der Waals surface area contributed by atoms with E-state index in [-0.39, 0.29) is 11.8 Å². The predicted octanol–water partition coefficient (Wildman–Crippen LogP) is 1.44. The summed E-state index contributed by atoms with van der Waals surface area (Å²) < 4.78 is 0. The molecule has 0 saturated carbocycles. The van der Waals surface area contributed by atoms with Crippen molar-refractivity contribution in [1.82, 2.24) is 19.8 Å². The largest absolute Gasteiger partial charge is 0.345 e. The highest BCUT2D eigenvalue weighted by molar-refractivity contribution is 5.78. The van der Waals surface area contributed by atoms with Crippen LogP contribution in [0.1, 0.15) is 37.7 Å². The number of likely N-dealkylation sites (tertiary alicyclic amines) is 1. The fourth-order valence-electron chi connectivity index (χ4n) is 2.55. The topological polar surface area (TPSA) is 52.2 Å². The van der Waals surface area contributed by atoms with Crippen molar-refractivity contribution in [2.75, 3.05) is 27.2 Å². The highest BCUT2D eigenvalue weighted by Gasteiger charge is 2.29. The van der Waals surface area contributed by atoms with Crippen LogP contribution in [0.4, 0.5) is 0 Å². The number of aromatic amines is 1. The molecule has 1 atom stereocenters. The van der Waals surface area contributed by atoms with E-state index in [1.807, 2.05) is 39.0 Å². The minimum atomic E-state index is 0.0830. The fraction of sp³-hybridized carbons (Fsp3) is 0.714. The lowest BCUT2D eigenvalue weighted by molar-refractivity contribution is -0.133. The van der Waals surface area contributed by atoms with E-state index < -0.39 is 0 Å². The molecule has 0 radical (unpaired) electrons. The standard InChI is InChI=1S/C14H24N4O/c1-10(2)14(19)18-6-5-11(8-18)13-15-7-12(16-13)9-17(3)4/h7,10-11H,5-6,8-9H2,1-4H3,(H,15,16). The molecular weight excluding hydrogens is 240 g/mol. The summed E-state index contributed by atoms with van der Waals surface area (Å²) in [6.45, 7) is 6.43. The van der Waals surface area contributed by atoms with Gasteiger partial charge in [0.15, 0.2) is 0 Å². The lowest BCUT2D eigenvalue weighted by Gasteiger charge is -2.18. The number of carbonyl (C=O) groups excluding carboxylic acids is 1. The number of nitrogens with one attached hydrogen (secondary N) is 1. The molecular formula is C14H24N4O. The summed E-state index contributed by atoms with van der Waals surface area (Å²) in [4.78, 5) is 23.9. The number of hydrogen-bond acceptors (Lipinski definition) is 3. The highest BCUT2D eigenvalue weighted by atomic mass is 16.2. The second kappa shape index (κ2) is 5.74. The number of nitrogens with zero attached hydrogens (tertiary/aromatic N) is 3. The van der Waals surface area contributed by atoms with Crippen molar-refractivity contribution < 1.29 is 4.79 Å². The SMILES string of the molecule is CC(C)C(=O)N1CCC(c2ncc(CN(C)C)[nH]2)C1. The Labute approximate surface area is 115 Å². The van der Waals surface area contributed by atoms with E-state index >= 15 is 0 Å². The van der Waals surface area contributed by atoms with E-state index in [0.717, 1.165) is 37.6 Å². The van der Waals surface area contributed by atoms with Crippen molar-refractivity contribution in [3.05, 3.63) is 17.7 Å². The Morgan fingerprint density at radius 3 is 2.95 bits per heavy atom. The first kappa shape index (κ1) is 14.1. The molecule has 1 N–H and O–H groups in total. The lowest BCUT2D eigenvalue weighted by atomic mass is 10.1. The Bertz CT molecular complexity index is 438. The summed E-state index contributed by atoms with van der Waals surface area (Å²) in [6, 6.07) is 0. The molecule has 1 aromatic heterocycles. The molecule has 1 amide bonds. The third-order valence-corrected chi connectivity index (χ3v) is 3.52. The zero-order valence-corrected chi connectivity index (χ0v) is 12.3. The molecule has 0 aromatic carbocycles. The molecule has 1 fully saturated rings. The summed E-state index contributed by atoms with van der Waals surface area (Å²) in [5.41, 5.74) is 1.13. The van der Waals surface area contributed by atoms with Gasteiger partial charge in [-0.05, 0) is 20.5 Å². The van der Waals surface area contributed by atoms with Gasteiger partial charge in [-0.25, -0.2) is 4.98 Å². The van der Waals surface area contributed by atoms with E-state index in [2.05, 4.69) is 14.9 Å². The summed E-state index contributed by atoms with van der Waals surface area (Å²) >= 11 is 0. The second-order valence-electron chi connectivity index (χ2n) is 5.96. The maximum atomic E-state index is 12.0. The van der Waals surface area contributed by atoms with Crippen molar-refractivity contribution in [2.45, 2.75) is 32.7 Å². The number of hydrogen-bond donors (Lipinski definition) is 1. The van der Waals surface area contributed by atoms with Gasteiger partial charge < -0.3 is 14.8 Å². The molecule has 2 rings (SSSR count). The molecule has 0 spiro atoms. The molecule has 1 aliphatic rings. The molecule has 5 nitrogen and oxygen atoms in total. The van der Waals surface area contributed by atoms with Crippen LogP contribution in [-0.2, 0) is 11.3 Å². The molecule has 0 bridgehead atoms. The van der Waals surface area contributed by atoms with E-state index in [1.54, 1.807) is 0 Å². The minimum absolute atomic E-state index is 0.0830. The molecule has 0 aliphatic carbocycles. The van der Waals surface area contributed by atoms with E-state index in [0.29, 0.717) is 5.92 Å². The van der Waals surface area contributed by atoms with Gasteiger partial charge >= 0.3 is 0 Å². The maximum absolute atomic E-state index is 12.0. The second-order valence-corrected chi connectivity index (χ2v) is 5.96. The zero-order chi connectivity index (χ0) is 14.0. The molecule has 106 valence electrons. The summed E-state index contributed by atoms with van der Waals surface area (Å²) in [5.74, 6) is 1.72. The third kappa shape index (κ3) is 3.35. The van der Waals surface area contributed by atoms with Crippen molar-refractivity contribution >= 4 is 5.91 Å². The molecule has 1 aromatic rings. The Morgan fingerprint density at radius 2 is 2.32 bits per heavy atom. The third-order valence-electron chi connectivity index (χ3n) is 3.52. The molecule has 1 saturated heterocycles. The quantitative estimate of drug-likeness (QED) is 0.895. The summed E-state index contributed by atoms with van der Waals surface area (Å²) in [6.07, 6.45) is 2.91. The zero-order valence-electron chi connectivity index (χ0n) is 12.3. The Hall–Kier alpha value is -1.36. The van der Waals surface area contributed by atoms with Crippen LogP contribution in [0, 0.1) is 5.92 Å². The summed E-state index contributed by atoms with van der Waals surface area (Å²) in [5, 5.41) is 0. The number of H-pyrrole nitrogens is 1. The van der Waals surface area contributed by atoms with E-state index in [4.69, 9.17) is 0 Å². The lowest BCUT2D eigenvalue weighted by Crippen LogP contribution is -2.32. The average molecular weight is 264 g/mol. The van der Waals surface area contributed by atoms with Crippen molar-refractivity contribution in [3.63, 3.8) is 0 Å². The molecule has 5 heteroatoms. The first-order chi connectivity index (χ1) is 8.97. The molecule has 1 aliphatic heterocycles. The van der Waals surface area contributed by atoms with E-state index in [1.165, 1.54) is 0 Å². The van der Waals surface area contributed by atoms with Crippen LogP contribution in [0.25, 0.3) is 0 Å². The molecule has 2 heterocycles. The number of imidazole rings is 1. The Balaban J connectivity index is 1.97. The van der Waals surface area contributed by atoms with Gasteiger partial charge in [0.1, 0.15) is 5.82 Å². The van der Waals surface area contributed by atoms with Gasteiger partial charge in [-0.2, -0.15) is 0 Å². The number of carbonyl (C=O) groups is 1. The average Bonchev–Trinajstić information content (AvgIpc) is 2.94. The van der Waals surface area contributed by atoms with Crippen LogP contribution in [0.15, 0.2) is 6.20 Å². The van der Waals surface area contributed by atoms with Gasteiger partial charge in [-0.1, -0.05) is 13.8 Å². The van der Waals surface area contributed by atoms with Gasteiger partial charge in [0.05, 0.1) is 0 Å². The van der Waals surface area contributed by atoms with Crippen LogP contribution < -0.4 is 0 Å². The fourth-order valence-corrected chi connectivity index (χ4v) is 2.55. The van der Waals surface area contributed by atoms with Crippen LogP contribution in [0.2, 0.25) is 0 Å². The van der Waals surface area contributed by atoms with Gasteiger partial charge in [0.2, 0.25) is 5.91 Å². The Kier molecular flexibility index (Phi) is 4.24. The van der Waals surface area contributed by atoms with E-state index in [9.17, 15) is 4.79 Å². The van der Waals surface area contributed by atoms with Crippen LogP contribution in [0.3, 0.4) is 0 Å². The van der Waals surface area contributed by atoms with Crippen molar-refractivity contribution in [1.29, 1.82) is 0 Å².